The predicted molar refractivity (Wildman–Crippen MR) is 121 cm³/mol. The number of aromatic hydroxyl groups is 2. The van der Waals surface area contributed by atoms with Crippen LogP contribution in [0.25, 0.3) is 11.1 Å². The molecule has 0 saturated carbocycles. The summed E-state index contributed by atoms with van der Waals surface area (Å²) < 4.78 is 0. The molecule has 0 atom stereocenters. The minimum atomic E-state index is -0.503. The summed E-state index contributed by atoms with van der Waals surface area (Å²) >= 11 is 0. The van der Waals surface area contributed by atoms with E-state index < -0.39 is 5.41 Å². The highest BCUT2D eigenvalue weighted by atomic mass is 16.3. The van der Waals surface area contributed by atoms with Gasteiger partial charge >= 0.3 is 0 Å². The Morgan fingerprint density at radius 1 is 0.667 bits per heavy atom. The van der Waals surface area contributed by atoms with Crippen LogP contribution in [0.1, 0.15) is 41.2 Å². The van der Waals surface area contributed by atoms with Crippen molar-refractivity contribution >= 4 is 0 Å². The maximum absolute atomic E-state index is 10.5. The highest BCUT2D eigenvalue weighted by Gasteiger charge is 2.46. The number of phenolic OH excluding ortho intramolecular Hbond substituents is 2. The van der Waals surface area contributed by atoms with E-state index in [-0.39, 0.29) is 5.75 Å². The third kappa shape index (κ3) is 2.57. The highest BCUT2D eigenvalue weighted by Crippen LogP contribution is 2.56. The van der Waals surface area contributed by atoms with Crippen molar-refractivity contribution in [1.29, 1.82) is 0 Å². The molecule has 0 fully saturated rings. The molecule has 0 aliphatic heterocycles. The van der Waals surface area contributed by atoms with Crippen molar-refractivity contribution in [2.75, 3.05) is 0 Å². The van der Waals surface area contributed by atoms with E-state index in [0.717, 1.165) is 29.5 Å². The van der Waals surface area contributed by atoms with E-state index in [2.05, 4.69) is 61.5 Å². The molecule has 0 saturated heterocycles. The number of benzene rings is 4. The normalized spacial score (nSPS) is 13.6. The highest BCUT2D eigenvalue weighted by molar-refractivity contribution is 5.86. The minimum absolute atomic E-state index is 0.255. The van der Waals surface area contributed by atoms with Gasteiger partial charge in [-0.25, -0.2) is 0 Å². The van der Waals surface area contributed by atoms with E-state index in [1.807, 2.05) is 24.3 Å². The first kappa shape index (κ1) is 18.5. The summed E-state index contributed by atoms with van der Waals surface area (Å²) in [6.07, 6.45) is 1.80. The van der Waals surface area contributed by atoms with E-state index in [0.29, 0.717) is 5.75 Å². The Kier molecular flexibility index (Phi) is 4.36. The SMILES string of the molecule is CCCc1cc(C2(c3ccc(O)cc3)c3ccccc3-c3ccccc32)ccc1O. The largest absolute Gasteiger partial charge is 0.508 e. The smallest absolute Gasteiger partial charge is 0.118 e. The molecular weight excluding hydrogens is 368 g/mol. The maximum atomic E-state index is 10.5. The zero-order valence-corrected chi connectivity index (χ0v) is 17.0. The molecule has 4 aromatic carbocycles. The summed E-state index contributed by atoms with van der Waals surface area (Å²) in [5.74, 6) is 0.604. The quantitative estimate of drug-likeness (QED) is 0.371. The Balaban J connectivity index is 1.91. The van der Waals surface area contributed by atoms with Gasteiger partial charge in [-0.3, -0.25) is 0 Å². The lowest BCUT2D eigenvalue weighted by atomic mass is 9.67. The van der Waals surface area contributed by atoms with Crippen LogP contribution < -0.4 is 0 Å². The monoisotopic (exact) mass is 392 g/mol. The van der Waals surface area contributed by atoms with Crippen LogP contribution in [0.3, 0.4) is 0 Å². The van der Waals surface area contributed by atoms with Crippen molar-refractivity contribution in [3.8, 4) is 22.6 Å². The molecule has 0 spiro atoms. The summed E-state index contributed by atoms with van der Waals surface area (Å²) in [4.78, 5) is 0. The lowest BCUT2D eigenvalue weighted by molar-refractivity contribution is 0.467. The van der Waals surface area contributed by atoms with E-state index in [1.54, 1.807) is 12.1 Å². The van der Waals surface area contributed by atoms with Gasteiger partial charge in [0.05, 0.1) is 5.41 Å². The molecule has 0 unspecified atom stereocenters. The summed E-state index contributed by atoms with van der Waals surface area (Å²) in [7, 11) is 0. The second-order valence-corrected chi connectivity index (χ2v) is 7.98. The first-order chi connectivity index (χ1) is 14.7. The first-order valence-electron chi connectivity index (χ1n) is 10.5. The Hall–Kier alpha value is -3.52. The lowest BCUT2D eigenvalue weighted by Gasteiger charge is -2.34. The molecule has 0 aromatic heterocycles. The van der Waals surface area contributed by atoms with Crippen molar-refractivity contribution < 1.29 is 10.2 Å². The average molecular weight is 392 g/mol. The third-order valence-electron chi connectivity index (χ3n) is 6.28. The topological polar surface area (TPSA) is 40.5 Å². The van der Waals surface area contributed by atoms with Gasteiger partial charge in [0.2, 0.25) is 0 Å². The van der Waals surface area contributed by atoms with Crippen LogP contribution in [-0.2, 0) is 11.8 Å². The molecule has 148 valence electrons. The second-order valence-electron chi connectivity index (χ2n) is 7.98. The van der Waals surface area contributed by atoms with Crippen LogP contribution in [0.2, 0.25) is 0 Å². The number of hydrogen-bond donors (Lipinski definition) is 2. The molecule has 0 heterocycles. The Labute approximate surface area is 177 Å². The molecule has 1 aliphatic carbocycles. The van der Waals surface area contributed by atoms with Crippen molar-refractivity contribution in [1.82, 2.24) is 0 Å². The zero-order chi connectivity index (χ0) is 20.7. The van der Waals surface area contributed by atoms with Gasteiger partial charge < -0.3 is 10.2 Å². The Morgan fingerprint density at radius 3 is 1.83 bits per heavy atom. The van der Waals surface area contributed by atoms with Gasteiger partial charge in [0.25, 0.3) is 0 Å². The predicted octanol–water partition coefficient (Wildman–Crippen LogP) is 6.41. The van der Waals surface area contributed by atoms with Crippen molar-refractivity contribution in [2.24, 2.45) is 0 Å². The van der Waals surface area contributed by atoms with Gasteiger partial charge in [-0.05, 0) is 63.6 Å². The first-order valence-corrected chi connectivity index (χ1v) is 10.5. The number of aryl methyl sites for hydroxylation is 1. The molecule has 0 radical (unpaired) electrons. The standard InChI is InChI=1S/C28H24O2/c1-2-7-19-18-21(14-17-27(19)30)28(20-12-15-22(29)16-13-20)25-10-5-3-8-23(25)24-9-4-6-11-26(24)28/h3-6,8-18,29-30H,2,7H2,1H3. The van der Waals surface area contributed by atoms with Crippen LogP contribution >= 0.6 is 0 Å². The van der Waals surface area contributed by atoms with Crippen LogP contribution in [0, 0.1) is 0 Å². The molecule has 1 aliphatic rings. The number of rotatable bonds is 4. The maximum Gasteiger partial charge on any atom is 0.118 e. The molecule has 0 amide bonds. The van der Waals surface area contributed by atoms with E-state index >= 15 is 0 Å². The third-order valence-corrected chi connectivity index (χ3v) is 6.28. The summed E-state index contributed by atoms with van der Waals surface area (Å²) in [6, 6.07) is 30.7. The van der Waals surface area contributed by atoms with Crippen molar-refractivity contribution in [3.05, 3.63) is 119 Å². The van der Waals surface area contributed by atoms with Crippen LogP contribution in [0.5, 0.6) is 11.5 Å². The van der Waals surface area contributed by atoms with Gasteiger partial charge in [-0.1, -0.05) is 86.1 Å². The van der Waals surface area contributed by atoms with E-state index in [1.165, 1.54) is 22.3 Å². The van der Waals surface area contributed by atoms with Crippen molar-refractivity contribution in [2.45, 2.75) is 25.2 Å². The van der Waals surface area contributed by atoms with Gasteiger partial charge in [-0.15, -0.1) is 0 Å². The van der Waals surface area contributed by atoms with Crippen LogP contribution in [0.15, 0.2) is 91.0 Å². The summed E-state index contributed by atoms with van der Waals surface area (Å²) in [5, 5.41) is 20.4. The van der Waals surface area contributed by atoms with Crippen LogP contribution in [-0.4, -0.2) is 10.2 Å². The summed E-state index contributed by atoms with van der Waals surface area (Å²) in [5.41, 5.74) is 7.61. The van der Waals surface area contributed by atoms with Gasteiger partial charge in [0, 0.05) is 0 Å². The van der Waals surface area contributed by atoms with E-state index in [4.69, 9.17) is 0 Å². The molecule has 2 heteroatoms. The average Bonchev–Trinajstić information content (AvgIpc) is 3.08. The van der Waals surface area contributed by atoms with Gasteiger partial charge in [0.15, 0.2) is 0 Å². The second kappa shape index (κ2) is 7.07. The van der Waals surface area contributed by atoms with Gasteiger partial charge in [0.1, 0.15) is 11.5 Å². The molecule has 2 N–H and O–H groups in total. The molecule has 5 rings (SSSR count). The van der Waals surface area contributed by atoms with Crippen LogP contribution in [0.4, 0.5) is 0 Å². The Bertz CT molecular complexity index is 1180. The zero-order valence-electron chi connectivity index (χ0n) is 17.0. The fourth-order valence-corrected chi connectivity index (χ4v) is 5.02. The lowest BCUT2D eigenvalue weighted by Crippen LogP contribution is -2.28. The number of fused-ring (bicyclic) bond motifs is 3. The van der Waals surface area contributed by atoms with Gasteiger partial charge in [-0.2, -0.15) is 0 Å². The number of phenols is 2. The fraction of sp³-hybridized carbons (Fsp3) is 0.143. The Morgan fingerprint density at radius 2 is 1.23 bits per heavy atom. The molecule has 0 bridgehead atoms. The molecular formula is C28H24O2. The molecule has 4 aromatic rings. The van der Waals surface area contributed by atoms with Crippen molar-refractivity contribution in [3.63, 3.8) is 0 Å². The molecule has 30 heavy (non-hydrogen) atoms. The molecule has 2 nitrogen and oxygen atoms in total. The summed E-state index contributed by atoms with van der Waals surface area (Å²) in [6.45, 7) is 2.13. The van der Waals surface area contributed by atoms with E-state index in [9.17, 15) is 10.2 Å². The number of hydrogen-bond acceptors (Lipinski definition) is 2. The fourth-order valence-electron chi connectivity index (χ4n) is 5.02. The minimum Gasteiger partial charge on any atom is -0.508 e.